The summed E-state index contributed by atoms with van der Waals surface area (Å²) in [7, 11) is 3.69. The number of halogens is 1. The predicted molar refractivity (Wildman–Crippen MR) is 65.4 cm³/mol. The lowest BCUT2D eigenvalue weighted by Crippen LogP contribution is -2.19. The normalized spacial score (nSPS) is 10.7. The molecular formula is C12H15FN4O. The fourth-order valence-electron chi connectivity index (χ4n) is 1.84. The quantitative estimate of drug-likeness (QED) is 0.882. The van der Waals surface area contributed by atoms with Crippen LogP contribution in [0.2, 0.25) is 0 Å². The number of anilines is 1. The molecule has 6 heteroatoms. The van der Waals surface area contributed by atoms with Crippen LogP contribution >= 0.6 is 0 Å². The minimum Gasteiger partial charge on any atom is -0.392 e. The van der Waals surface area contributed by atoms with Crippen LogP contribution in [0.1, 0.15) is 11.1 Å². The van der Waals surface area contributed by atoms with Crippen molar-refractivity contribution >= 4 is 5.82 Å². The van der Waals surface area contributed by atoms with Gasteiger partial charge in [-0.3, -0.25) is 4.68 Å². The summed E-state index contributed by atoms with van der Waals surface area (Å²) in [6, 6.07) is 1.29. The minimum absolute atomic E-state index is 0.239. The highest BCUT2D eigenvalue weighted by atomic mass is 19.1. The van der Waals surface area contributed by atoms with Gasteiger partial charge in [-0.2, -0.15) is 5.10 Å². The zero-order chi connectivity index (χ0) is 13.1. The molecule has 0 unspecified atom stereocenters. The average Bonchev–Trinajstić information content (AvgIpc) is 2.74. The number of aryl methyl sites for hydroxylation is 1. The van der Waals surface area contributed by atoms with Gasteiger partial charge >= 0.3 is 0 Å². The molecule has 0 bridgehead atoms. The molecule has 0 amide bonds. The summed E-state index contributed by atoms with van der Waals surface area (Å²) in [5.74, 6) is 0.125. The van der Waals surface area contributed by atoms with Crippen molar-refractivity contribution in [3.05, 3.63) is 41.6 Å². The molecule has 2 aromatic rings. The summed E-state index contributed by atoms with van der Waals surface area (Å²) >= 11 is 0. The molecule has 0 atom stereocenters. The van der Waals surface area contributed by atoms with Gasteiger partial charge in [-0.1, -0.05) is 0 Å². The Labute approximate surface area is 104 Å². The molecule has 1 N–H and O–H groups in total. The fourth-order valence-corrected chi connectivity index (χ4v) is 1.84. The largest absolute Gasteiger partial charge is 0.392 e. The SMILES string of the molecule is CN(Cc1cnn(C)c1)c1ncc(F)cc1CO. The number of rotatable bonds is 4. The Bertz CT molecular complexity index is 541. The predicted octanol–water partition coefficient (Wildman–Crippen LogP) is 1.08. The highest BCUT2D eigenvalue weighted by Crippen LogP contribution is 2.19. The topological polar surface area (TPSA) is 54.2 Å². The number of hydrogen-bond acceptors (Lipinski definition) is 4. The van der Waals surface area contributed by atoms with Crippen LogP contribution in [0.5, 0.6) is 0 Å². The Balaban J connectivity index is 2.20. The molecule has 5 nitrogen and oxygen atoms in total. The number of hydrogen-bond donors (Lipinski definition) is 1. The van der Waals surface area contributed by atoms with Gasteiger partial charge in [0.2, 0.25) is 0 Å². The summed E-state index contributed by atoms with van der Waals surface area (Å²) in [6.45, 7) is 0.358. The first kappa shape index (κ1) is 12.5. The van der Waals surface area contributed by atoms with Gasteiger partial charge in [0.25, 0.3) is 0 Å². The van der Waals surface area contributed by atoms with Gasteiger partial charge in [0.1, 0.15) is 11.6 Å². The van der Waals surface area contributed by atoms with Crippen molar-refractivity contribution in [2.75, 3.05) is 11.9 Å². The average molecular weight is 250 g/mol. The lowest BCUT2D eigenvalue weighted by molar-refractivity contribution is 0.281. The van der Waals surface area contributed by atoms with E-state index < -0.39 is 5.82 Å². The van der Waals surface area contributed by atoms with Gasteiger partial charge in [-0.15, -0.1) is 0 Å². The van der Waals surface area contributed by atoms with E-state index in [4.69, 9.17) is 0 Å². The van der Waals surface area contributed by atoms with E-state index >= 15 is 0 Å². The van der Waals surface area contributed by atoms with Crippen LogP contribution in [-0.2, 0) is 20.2 Å². The van der Waals surface area contributed by atoms with E-state index in [1.54, 1.807) is 10.9 Å². The molecule has 0 fully saturated rings. The Morgan fingerprint density at radius 1 is 1.44 bits per heavy atom. The minimum atomic E-state index is -0.447. The van der Waals surface area contributed by atoms with Gasteiger partial charge < -0.3 is 10.0 Å². The standard InChI is InChI=1S/C12H15FN4O/c1-16(6-9-4-15-17(2)7-9)12-10(8-18)3-11(13)5-14-12/h3-5,7,18H,6,8H2,1-2H3. The van der Waals surface area contributed by atoms with Crippen molar-refractivity contribution in [3.63, 3.8) is 0 Å². The van der Waals surface area contributed by atoms with Crippen LogP contribution in [0.25, 0.3) is 0 Å². The smallest absolute Gasteiger partial charge is 0.142 e. The number of aliphatic hydroxyl groups is 1. The van der Waals surface area contributed by atoms with E-state index in [1.807, 2.05) is 25.2 Å². The van der Waals surface area contributed by atoms with E-state index in [-0.39, 0.29) is 6.61 Å². The van der Waals surface area contributed by atoms with Crippen molar-refractivity contribution in [1.29, 1.82) is 0 Å². The van der Waals surface area contributed by atoms with E-state index in [0.717, 1.165) is 11.8 Å². The van der Waals surface area contributed by atoms with Crippen molar-refractivity contribution in [1.82, 2.24) is 14.8 Å². The summed E-state index contributed by atoms with van der Waals surface area (Å²) in [6.07, 6.45) is 4.81. The highest BCUT2D eigenvalue weighted by molar-refractivity contribution is 5.46. The second-order valence-corrected chi connectivity index (χ2v) is 4.17. The Morgan fingerprint density at radius 2 is 2.22 bits per heavy atom. The van der Waals surface area contributed by atoms with Gasteiger partial charge in [0.15, 0.2) is 0 Å². The third-order valence-electron chi connectivity index (χ3n) is 2.62. The van der Waals surface area contributed by atoms with E-state index in [2.05, 4.69) is 10.1 Å². The lowest BCUT2D eigenvalue weighted by atomic mass is 10.2. The monoisotopic (exact) mass is 250 g/mol. The summed E-state index contributed by atoms with van der Waals surface area (Å²) < 4.78 is 14.7. The van der Waals surface area contributed by atoms with Gasteiger partial charge in [0, 0.05) is 38.0 Å². The molecule has 0 aromatic carbocycles. The molecule has 0 radical (unpaired) electrons. The third kappa shape index (κ3) is 2.65. The Kier molecular flexibility index (Phi) is 3.57. The lowest BCUT2D eigenvalue weighted by Gasteiger charge is -2.19. The highest BCUT2D eigenvalue weighted by Gasteiger charge is 2.11. The van der Waals surface area contributed by atoms with Crippen LogP contribution in [0, 0.1) is 5.82 Å². The zero-order valence-electron chi connectivity index (χ0n) is 10.3. The summed E-state index contributed by atoms with van der Waals surface area (Å²) in [5, 5.41) is 13.3. The van der Waals surface area contributed by atoms with Crippen LogP contribution < -0.4 is 4.90 Å². The van der Waals surface area contributed by atoms with E-state index in [1.165, 1.54) is 6.07 Å². The first-order valence-electron chi connectivity index (χ1n) is 5.54. The van der Waals surface area contributed by atoms with Gasteiger partial charge in [-0.05, 0) is 6.07 Å². The molecule has 2 rings (SSSR count). The van der Waals surface area contributed by atoms with Crippen molar-refractivity contribution in [2.45, 2.75) is 13.2 Å². The van der Waals surface area contributed by atoms with E-state index in [9.17, 15) is 9.50 Å². The molecular weight excluding hydrogens is 235 g/mol. The van der Waals surface area contributed by atoms with Gasteiger partial charge in [0.05, 0.1) is 19.0 Å². The molecule has 96 valence electrons. The molecule has 0 aliphatic heterocycles. The first-order valence-corrected chi connectivity index (χ1v) is 5.54. The Hall–Kier alpha value is -1.95. The van der Waals surface area contributed by atoms with Gasteiger partial charge in [-0.25, -0.2) is 9.37 Å². The first-order chi connectivity index (χ1) is 8.60. The summed E-state index contributed by atoms with van der Waals surface area (Å²) in [4.78, 5) is 5.86. The molecule has 18 heavy (non-hydrogen) atoms. The van der Waals surface area contributed by atoms with Crippen LogP contribution in [-0.4, -0.2) is 26.9 Å². The van der Waals surface area contributed by atoms with E-state index in [0.29, 0.717) is 17.9 Å². The number of pyridine rings is 1. The second kappa shape index (κ2) is 5.14. The molecule has 0 aliphatic rings. The van der Waals surface area contributed by atoms with Crippen LogP contribution in [0.3, 0.4) is 0 Å². The van der Waals surface area contributed by atoms with Crippen molar-refractivity contribution in [2.24, 2.45) is 7.05 Å². The van der Waals surface area contributed by atoms with Crippen molar-refractivity contribution in [3.8, 4) is 0 Å². The maximum Gasteiger partial charge on any atom is 0.142 e. The summed E-state index contributed by atoms with van der Waals surface area (Å²) in [5.41, 5.74) is 1.50. The molecule has 0 saturated heterocycles. The maximum absolute atomic E-state index is 13.0. The zero-order valence-corrected chi connectivity index (χ0v) is 10.3. The maximum atomic E-state index is 13.0. The molecule has 2 aromatic heterocycles. The van der Waals surface area contributed by atoms with Crippen molar-refractivity contribution < 1.29 is 9.50 Å². The Morgan fingerprint density at radius 3 is 2.83 bits per heavy atom. The fraction of sp³-hybridized carbons (Fsp3) is 0.333. The molecule has 0 spiro atoms. The number of nitrogens with zero attached hydrogens (tertiary/aromatic N) is 4. The van der Waals surface area contributed by atoms with Crippen LogP contribution in [0.15, 0.2) is 24.7 Å². The number of aromatic nitrogens is 3. The molecule has 0 aliphatic carbocycles. The second-order valence-electron chi connectivity index (χ2n) is 4.17. The molecule has 2 heterocycles. The molecule has 0 saturated carbocycles. The third-order valence-corrected chi connectivity index (χ3v) is 2.62. The number of aliphatic hydroxyl groups excluding tert-OH is 1. The van der Waals surface area contributed by atoms with Crippen LogP contribution in [0.4, 0.5) is 10.2 Å².